The van der Waals surface area contributed by atoms with E-state index >= 15 is 0 Å². The number of piperidine rings is 1. The summed E-state index contributed by atoms with van der Waals surface area (Å²) in [6.07, 6.45) is 8.96. The number of nitrogens with zero attached hydrogens (tertiary/aromatic N) is 3. The van der Waals surface area contributed by atoms with Crippen molar-refractivity contribution in [3.05, 3.63) is 65.7 Å². The number of benzene rings is 2. The van der Waals surface area contributed by atoms with Crippen molar-refractivity contribution < 1.29 is 38.1 Å². The van der Waals surface area contributed by atoms with Gasteiger partial charge in [-0.2, -0.15) is 0 Å². The zero-order chi connectivity index (χ0) is 34.2. The second-order valence-corrected chi connectivity index (χ2v) is 13.8. The van der Waals surface area contributed by atoms with Crippen molar-refractivity contribution in [3.8, 4) is 0 Å². The molecule has 264 valence electrons. The Morgan fingerprint density at radius 3 is 2.12 bits per heavy atom. The number of hydrogen-bond acceptors (Lipinski definition) is 8. The van der Waals surface area contributed by atoms with Crippen LogP contribution in [0.25, 0.3) is 0 Å². The molecule has 4 aliphatic rings. The van der Waals surface area contributed by atoms with E-state index in [0.717, 1.165) is 88.2 Å². The highest BCUT2D eigenvalue weighted by atomic mass is 16.8. The van der Waals surface area contributed by atoms with Gasteiger partial charge in [0.2, 0.25) is 6.29 Å². The smallest absolute Gasteiger partial charge is 0.445 e. The van der Waals surface area contributed by atoms with E-state index in [-0.39, 0.29) is 43.3 Å². The standard InChI is InChI=1S/C38H49N3O8/c1-27(48-38(45)49-33-15-9-4-10-16-33)47-35(42)34-25-40(31-13-7-3-8-14-31)36(43)41(34)32-19-17-29(18-20-32)30-21-23-39(24-22-30)37(44)46-26-28-11-5-2-6-12-28/h2,5-6,11-12,17-20,27,30-31,33-34H,3-4,7-10,13-16,21-26H2,1H3. The number of carbonyl (C=O) groups is 4. The Labute approximate surface area is 288 Å². The van der Waals surface area contributed by atoms with Crippen molar-refractivity contribution in [3.63, 3.8) is 0 Å². The van der Waals surface area contributed by atoms with Gasteiger partial charge >= 0.3 is 24.2 Å². The largest absolute Gasteiger partial charge is 0.511 e. The Hall–Kier alpha value is -4.28. The summed E-state index contributed by atoms with van der Waals surface area (Å²) in [5, 5.41) is 0. The molecule has 49 heavy (non-hydrogen) atoms. The molecule has 2 unspecified atom stereocenters. The van der Waals surface area contributed by atoms with Crippen LogP contribution < -0.4 is 4.90 Å². The molecule has 2 heterocycles. The van der Waals surface area contributed by atoms with Gasteiger partial charge in [-0.25, -0.2) is 19.2 Å². The van der Waals surface area contributed by atoms with E-state index in [1.54, 1.807) is 4.90 Å². The van der Waals surface area contributed by atoms with Gasteiger partial charge in [0.05, 0.1) is 6.54 Å². The lowest BCUT2D eigenvalue weighted by Crippen LogP contribution is -2.42. The number of esters is 1. The molecule has 2 saturated carbocycles. The summed E-state index contributed by atoms with van der Waals surface area (Å²) in [5.41, 5.74) is 2.69. The molecule has 0 bridgehead atoms. The molecule has 2 aromatic carbocycles. The van der Waals surface area contributed by atoms with Crippen LogP contribution >= 0.6 is 0 Å². The first-order valence-corrected chi connectivity index (χ1v) is 18.1. The molecule has 0 radical (unpaired) electrons. The number of likely N-dealkylation sites (tertiary alicyclic amines) is 1. The van der Waals surface area contributed by atoms with Gasteiger partial charge < -0.3 is 28.7 Å². The van der Waals surface area contributed by atoms with Crippen molar-refractivity contribution >= 4 is 29.9 Å². The predicted molar refractivity (Wildman–Crippen MR) is 182 cm³/mol. The first kappa shape index (κ1) is 34.6. The molecule has 0 aromatic heterocycles. The average Bonchev–Trinajstić information content (AvgIpc) is 3.48. The van der Waals surface area contributed by atoms with Crippen molar-refractivity contribution in [2.24, 2.45) is 0 Å². The van der Waals surface area contributed by atoms with Gasteiger partial charge in [0.25, 0.3) is 0 Å². The second-order valence-electron chi connectivity index (χ2n) is 13.8. The Morgan fingerprint density at radius 2 is 1.45 bits per heavy atom. The van der Waals surface area contributed by atoms with Crippen molar-refractivity contribution in [1.29, 1.82) is 0 Å². The van der Waals surface area contributed by atoms with Gasteiger partial charge in [0, 0.05) is 31.7 Å². The maximum Gasteiger partial charge on any atom is 0.511 e. The fourth-order valence-corrected chi connectivity index (χ4v) is 7.65. The van der Waals surface area contributed by atoms with Crippen LogP contribution in [0.5, 0.6) is 0 Å². The summed E-state index contributed by atoms with van der Waals surface area (Å²) >= 11 is 0. The van der Waals surface area contributed by atoms with E-state index in [4.69, 9.17) is 18.9 Å². The van der Waals surface area contributed by atoms with E-state index in [1.165, 1.54) is 11.8 Å². The third-order valence-corrected chi connectivity index (χ3v) is 10.4. The first-order valence-electron chi connectivity index (χ1n) is 18.1. The average molecular weight is 676 g/mol. The van der Waals surface area contributed by atoms with Crippen molar-refractivity contribution in [1.82, 2.24) is 9.80 Å². The number of anilines is 1. The van der Waals surface area contributed by atoms with Crippen LogP contribution in [0, 0.1) is 0 Å². The SMILES string of the molecule is CC(OC(=O)OC1CCCCC1)OC(=O)C1CN(C2CCCCC2)C(=O)N1c1ccc(C2CCN(C(=O)OCc3ccccc3)CC2)cc1. The Morgan fingerprint density at radius 1 is 0.796 bits per heavy atom. The van der Waals surface area contributed by atoms with Crippen LogP contribution in [0.2, 0.25) is 0 Å². The molecule has 2 aliphatic carbocycles. The minimum absolute atomic E-state index is 0.0736. The summed E-state index contributed by atoms with van der Waals surface area (Å²) in [7, 11) is 0. The van der Waals surface area contributed by atoms with Crippen LogP contribution in [0.15, 0.2) is 54.6 Å². The van der Waals surface area contributed by atoms with Crippen molar-refractivity contribution in [2.75, 3.05) is 24.5 Å². The lowest BCUT2D eigenvalue weighted by Gasteiger charge is -2.32. The maximum atomic E-state index is 13.9. The molecule has 6 rings (SSSR count). The Balaban J connectivity index is 1.07. The molecule has 2 saturated heterocycles. The third-order valence-electron chi connectivity index (χ3n) is 10.4. The van der Waals surface area contributed by atoms with E-state index in [1.807, 2.05) is 59.5 Å². The fourth-order valence-electron chi connectivity index (χ4n) is 7.65. The molecular weight excluding hydrogens is 626 g/mol. The molecule has 3 amide bonds. The van der Waals surface area contributed by atoms with E-state index in [0.29, 0.717) is 18.8 Å². The number of hydrogen-bond donors (Lipinski definition) is 0. The number of rotatable bonds is 9. The minimum Gasteiger partial charge on any atom is -0.445 e. The van der Waals surface area contributed by atoms with Gasteiger partial charge in [-0.1, -0.05) is 68.1 Å². The zero-order valence-corrected chi connectivity index (χ0v) is 28.5. The molecule has 11 nitrogen and oxygen atoms in total. The predicted octanol–water partition coefficient (Wildman–Crippen LogP) is 7.52. The Kier molecular flexibility index (Phi) is 11.6. The topological polar surface area (TPSA) is 115 Å². The number of carbonyl (C=O) groups excluding carboxylic acids is 4. The zero-order valence-electron chi connectivity index (χ0n) is 28.5. The van der Waals surface area contributed by atoms with Crippen molar-refractivity contribution in [2.45, 2.75) is 121 Å². The van der Waals surface area contributed by atoms with Crippen LogP contribution in [0.3, 0.4) is 0 Å². The van der Waals surface area contributed by atoms with Crippen LogP contribution in [-0.4, -0.2) is 78.2 Å². The summed E-state index contributed by atoms with van der Waals surface area (Å²) in [4.78, 5) is 57.7. The number of amides is 3. The Bertz CT molecular complexity index is 1420. The molecule has 0 N–H and O–H groups in total. The summed E-state index contributed by atoms with van der Waals surface area (Å²) in [5.74, 6) is -0.368. The molecule has 2 atom stereocenters. The highest BCUT2D eigenvalue weighted by molar-refractivity contribution is 6.02. The normalized spacial score (nSPS) is 21.7. The first-order chi connectivity index (χ1) is 23.9. The minimum atomic E-state index is -1.16. The molecule has 4 fully saturated rings. The molecule has 2 aliphatic heterocycles. The monoisotopic (exact) mass is 675 g/mol. The third kappa shape index (κ3) is 8.85. The number of ether oxygens (including phenoxy) is 4. The van der Waals surface area contributed by atoms with Gasteiger partial charge in [-0.15, -0.1) is 0 Å². The molecule has 11 heteroatoms. The fraction of sp³-hybridized carbons (Fsp3) is 0.579. The second kappa shape index (κ2) is 16.4. The lowest BCUT2D eigenvalue weighted by atomic mass is 9.89. The van der Waals surface area contributed by atoms with Gasteiger partial charge in [-0.05, 0) is 80.5 Å². The van der Waals surface area contributed by atoms with Gasteiger partial charge in [-0.3, -0.25) is 4.90 Å². The lowest BCUT2D eigenvalue weighted by molar-refractivity contribution is -0.170. The summed E-state index contributed by atoms with van der Waals surface area (Å²) in [6, 6.07) is 16.4. The van der Waals surface area contributed by atoms with E-state index < -0.39 is 24.5 Å². The van der Waals surface area contributed by atoms with Crippen LogP contribution in [-0.2, 0) is 30.3 Å². The molecule has 0 spiro atoms. The summed E-state index contributed by atoms with van der Waals surface area (Å²) < 4.78 is 21.8. The van der Waals surface area contributed by atoms with Gasteiger partial charge in [0.1, 0.15) is 12.7 Å². The maximum absolute atomic E-state index is 13.9. The quantitative estimate of drug-likeness (QED) is 0.152. The van der Waals surface area contributed by atoms with E-state index in [2.05, 4.69) is 0 Å². The molecular formula is C38H49N3O8. The highest BCUT2D eigenvalue weighted by Gasteiger charge is 2.46. The molecule has 2 aromatic rings. The van der Waals surface area contributed by atoms with Gasteiger partial charge in [0.15, 0.2) is 6.04 Å². The van der Waals surface area contributed by atoms with E-state index in [9.17, 15) is 19.2 Å². The highest BCUT2D eigenvalue weighted by Crippen LogP contribution is 2.34. The summed E-state index contributed by atoms with van der Waals surface area (Å²) in [6.45, 7) is 3.15. The van der Waals surface area contributed by atoms with Crippen LogP contribution in [0.4, 0.5) is 20.1 Å². The number of urea groups is 1. The van der Waals surface area contributed by atoms with Crippen LogP contribution in [0.1, 0.15) is 101 Å².